The molecule has 0 unspecified atom stereocenters. The number of rotatable bonds is 3. The van der Waals surface area contributed by atoms with Gasteiger partial charge in [0.25, 0.3) is 5.88 Å². The fourth-order valence-corrected chi connectivity index (χ4v) is 2.01. The first-order chi connectivity index (χ1) is 9.33. The van der Waals surface area contributed by atoms with Gasteiger partial charge in [-0.25, -0.2) is 9.97 Å². The quantitative estimate of drug-likeness (QED) is 0.721. The zero-order valence-electron chi connectivity index (χ0n) is 10.7. The van der Waals surface area contributed by atoms with E-state index < -0.39 is 0 Å². The number of imidazole rings is 1. The van der Waals surface area contributed by atoms with Crippen molar-refractivity contribution in [2.24, 2.45) is 0 Å². The van der Waals surface area contributed by atoms with E-state index in [0.717, 1.165) is 17.0 Å². The molecule has 1 aromatic carbocycles. The molecule has 3 rings (SSSR count). The lowest BCUT2D eigenvalue weighted by atomic mass is 10.1. The summed E-state index contributed by atoms with van der Waals surface area (Å²) in [6, 6.07) is 7.84. The molecule has 0 fully saturated rings. The highest BCUT2D eigenvalue weighted by Crippen LogP contribution is 2.25. The third kappa shape index (κ3) is 1.89. The molecule has 0 radical (unpaired) electrons. The van der Waals surface area contributed by atoms with Gasteiger partial charge in [-0.05, 0) is 24.3 Å². The van der Waals surface area contributed by atoms with E-state index in [1.165, 1.54) is 0 Å². The zero-order chi connectivity index (χ0) is 13.2. The molecule has 0 bridgehead atoms. The number of nitrogens with zero attached hydrogens (tertiary/aromatic N) is 3. The minimum absolute atomic E-state index is 0.516. The average Bonchev–Trinajstić information content (AvgIpc) is 2.91. The summed E-state index contributed by atoms with van der Waals surface area (Å²) < 4.78 is 12.3. The summed E-state index contributed by atoms with van der Waals surface area (Å²) in [7, 11) is 3.24. The van der Waals surface area contributed by atoms with Crippen molar-refractivity contribution in [2.45, 2.75) is 0 Å². The standard InChI is InChI=1S/C14H13N3O2/c1-18-11-5-3-10(4-6-11)12-9-16-13-14(19-2)15-7-8-17(12)13/h3-9H,1-2H3. The number of aromatic nitrogens is 3. The molecule has 5 heteroatoms. The van der Waals surface area contributed by atoms with E-state index in [0.29, 0.717) is 11.5 Å². The fraction of sp³-hybridized carbons (Fsp3) is 0.143. The van der Waals surface area contributed by atoms with Crippen molar-refractivity contribution in [3.05, 3.63) is 42.9 Å². The Morgan fingerprint density at radius 3 is 2.47 bits per heavy atom. The summed E-state index contributed by atoms with van der Waals surface area (Å²) in [6.07, 6.45) is 5.37. The molecule has 0 aliphatic rings. The molecule has 5 nitrogen and oxygen atoms in total. The Kier molecular flexibility index (Phi) is 2.79. The number of hydrogen-bond acceptors (Lipinski definition) is 4. The fourth-order valence-electron chi connectivity index (χ4n) is 2.01. The molecule has 0 aliphatic carbocycles. The van der Waals surface area contributed by atoms with Gasteiger partial charge in [-0.15, -0.1) is 0 Å². The van der Waals surface area contributed by atoms with Gasteiger partial charge in [0.1, 0.15) is 5.75 Å². The summed E-state index contributed by atoms with van der Waals surface area (Å²) in [5, 5.41) is 0. The summed E-state index contributed by atoms with van der Waals surface area (Å²) >= 11 is 0. The van der Waals surface area contributed by atoms with Crippen LogP contribution in [0.15, 0.2) is 42.9 Å². The van der Waals surface area contributed by atoms with Crippen LogP contribution in [0.3, 0.4) is 0 Å². The highest BCUT2D eigenvalue weighted by Gasteiger charge is 2.10. The van der Waals surface area contributed by atoms with E-state index in [2.05, 4.69) is 9.97 Å². The predicted molar refractivity (Wildman–Crippen MR) is 71.5 cm³/mol. The molecule has 0 spiro atoms. The molecule has 3 aromatic rings. The molecule has 2 aromatic heterocycles. The second-order valence-electron chi connectivity index (χ2n) is 4.00. The van der Waals surface area contributed by atoms with Crippen molar-refractivity contribution in [1.82, 2.24) is 14.4 Å². The highest BCUT2D eigenvalue weighted by atomic mass is 16.5. The third-order valence-electron chi connectivity index (χ3n) is 2.97. The maximum atomic E-state index is 5.20. The number of hydrogen-bond donors (Lipinski definition) is 0. The van der Waals surface area contributed by atoms with Crippen LogP contribution >= 0.6 is 0 Å². The van der Waals surface area contributed by atoms with Crippen molar-refractivity contribution in [1.29, 1.82) is 0 Å². The average molecular weight is 255 g/mol. The highest BCUT2D eigenvalue weighted by molar-refractivity contribution is 5.66. The Morgan fingerprint density at radius 1 is 1.00 bits per heavy atom. The topological polar surface area (TPSA) is 48.7 Å². The summed E-state index contributed by atoms with van der Waals surface area (Å²) in [5.41, 5.74) is 2.75. The van der Waals surface area contributed by atoms with Crippen LogP contribution in [-0.2, 0) is 0 Å². The van der Waals surface area contributed by atoms with Crippen LogP contribution in [0.2, 0.25) is 0 Å². The number of methoxy groups -OCH3 is 2. The van der Waals surface area contributed by atoms with Gasteiger partial charge in [0.2, 0.25) is 5.65 Å². The maximum Gasteiger partial charge on any atom is 0.258 e. The SMILES string of the molecule is COc1ccc(-c2cnc3c(OC)nccn23)cc1. The summed E-state index contributed by atoms with van der Waals surface area (Å²) in [4.78, 5) is 8.49. The summed E-state index contributed by atoms with van der Waals surface area (Å²) in [5.74, 6) is 1.35. The predicted octanol–water partition coefficient (Wildman–Crippen LogP) is 2.41. The van der Waals surface area contributed by atoms with Crippen LogP contribution in [0.4, 0.5) is 0 Å². The molecular formula is C14H13N3O2. The van der Waals surface area contributed by atoms with Crippen molar-refractivity contribution in [3.8, 4) is 22.9 Å². The van der Waals surface area contributed by atoms with E-state index in [1.54, 1.807) is 26.6 Å². The van der Waals surface area contributed by atoms with E-state index in [-0.39, 0.29) is 0 Å². The van der Waals surface area contributed by atoms with Gasteiger partial charge in [-0.1, -0.05) is 0 Å². The van der Waals surface area contributed by atoms with Gasteiger partial charge >= 0.3 is 0 Å². The first-order valence-corrected chi connectivity index (χ1v) is 5.84. The second kappa shape index (κ2) is 4.61. The van der Waals surface area contributed by atoms with Gasteiger partial charge in [0.15, 0.2) is 0 Å². The molecule has 0 amide bonds. The Labute approximate surface area is 110 Å². The van der Waals surface area contributed by atoms with Crippen LogP contribution in [0.25, 0.3) is 16.9 Å². The molecule has 19 heavy (non-hydrogen) atoms. The normalized spacial score (nSPS) is 10.6. The van der Waals surface area contributed by atoms with Crippen LogP contribution in [0.1, 0.15) is 0 Å². The monoisotopic (exact) mass is 255 g/mol. The van der Waals surface area contributed by atoms with E-state index in [4.69, 9.17) is 9.47 Å². The lowest BCUT2D eigenvalue weighted by Crippen LogP contribution is -1.94. The number of ether oxygens (including phenoxy) is 2. The molecule has 0 aliphatic heterocycles. The lowest BCUT2D eigenvalue weighted by molar-refractivity contribution is 0.400. The Balaban J connectivity index is 2.14. The van der Waals surface area contributed by atoms with Crippen molar-refractivity contribution >= 4 is 5.65 Å². The Bertz CT molecular complexity index is 704. The second-order valence-corrected chi connectivity index (χ2v) is 4.00. The number of benzene rings is 1. The molecule has 96 valence electrons. The van der Waals surface area contributed by atoms with Crippen LogP contribution < -0.4 is 9.47 Å². The van der Waals surface area contributed by atoms with Gasteiger partial charge in [-0.3, -0.25) is 4.40 Å². The molecule has 0 N–H and O–H groups in total. The zero-order valence-corrected chi connectivity index (χ0v) is 10.7. The third-order valence-corrected chi connectivity index (χ3v) is 2.97. The van der Waals surface area contributed by atoms with Crippen LogP contribution in [-0.4, -0.2) is 28.6 Å². The molecule has 0 atom stereocenters. The van der Waals surface area contributed by atoms with Crippen molar-refractivity contribution in [3.63, 3.8) is 0 Å². The minimum Gasteiger partial charge on any atom is -0.497 e. The Hall–Kier alpha value is -2.56. The number of fused-ring (bicyclic) bond motifs is 1. The van der Waals surface area contributed by atoms with Gasteiger partial charge in [0.05, 0.1) is 26.1 Å². The minimum atomic E-state index is 0.516. The van der Waals surface area contributed by atoms with Crippen molar-refractivity contribution < 1.29 is 9.47 Å². The maximum absolute atomic E-state index is 5.20. The molecule has 2 heterocycles. The lowest BCUT2D eigenvalue weighted by Gasteiger charge is -2.05. The summed E-state index contributed by atoms with van der Waals surface area (Å²) in [6.45, 7) is 0. The molecule has 0 saturated carbocycles. The van der Waals surface area contributed by atoms with E-state index in [1.807, 2.05) is 34.9 Å². The van der Waals surface area contributed by atoms with Crippen molar-refractivity contribution in [2.75, 3.05) is 14.2 Å². The van der Waals surface area contributed by atoms with Gasteiger partial charge in [0, 0.05) is 18.0 Å². The Morgan fingerprint density at radius 2 is 1.79 bits per heavy atom. The molecule has 0 saturated heterocycles. The largest absolute Gasteiger partial charge is 0.497 e. The van der Waals surface area contributed by atoms with E-state index in [9.17, 15) is 0 Å². The van der Waals surface area contributed by atoms with Gasteiger partial charge in [-0.2, -0.15) is 0 Å². The first kappa shape index (κ1) is 11.5. The first-order valence-electron chi connectivity index (χ1n) is 5.84. The smallest absolute Gasteiger partial charge is 0.258 e. The van der Waals surface area contributed by atoms with Crippen LogP contribution in [0, 0.1) is 0 Å². The van der Waals surface area contributed by atoms with E-state index >= 15 is 0 Å². The molecular weight excluding hydrogens is 242 g/mol. The van der Waals surface area contributed by atoms with Gasteiger partial charge < -0.3 is 9.47 Å². The van der Waals surface area contributed by atoms with Crippen LogP contribution in [0.5, 0.6) is 11.6 Å².